The highest BCUT2D eigenvalue weighted by atomic mass is 35.5. The van der Waals surface area contributed by atoms with Gasteiger partial charge in [0.2, 0.25) is 0 Å². The third-order valence-corrected chi connectivity index (χ3v) is 4.21. The number of halogens is 1. The predicted molar refractivity (Wildman–Crippen MR) is 89.9 cm³/mol. The zero-order valence-electron chi connectivity index (χ0n) is 12.2. The highest BCUT2D eigenvalue weighted by Crippen LogP contribution is 2.30. The molecule has 1 aromatic carbocycles. The smallest absolute Gasteiger partial charge is 0.191 e. The molecule has 5 nitrogen and oxygen atoms in total. The number of aromatic nitrogens is 2. The van der Waals surface area contributed by atoms with E-state index in [0.29, 0.717) is 11.0 Å². The van der Waals surface area contributed by atoms with Crippen molar-refractivity contribution in [3.05, 3.63) is 40.9 Å². The lowest BCUT2D eigenvalue weighted by Gasteiger charge is -2.27. The Hall–Kier alpha value is -1.50. The molecule has 3 N–H and O–H groups in total. The van der Waals surface area contributed by atoms with E-state index in [0.717, 1.165) is 16.4 Å². The van der Waals surface area contributed by atoms with Gasteiger partial charge in [0.15, 0.2) is 5.16 Å². The van der Waals surface area contributed by atoms with Gasteiger partial charge in [0.05, 0.1) is 6.04 Å². The molecule has 0 aliphatic carbocycles. The van der Waals surface area contributed by atoms with E-state index < -0.39 is 0 Å². The lowest BCUT2D eigenvalue weighted by molar-refractivity contribution is 0.720. The van der Waals surface area contributed by atoms with Crippen LogP contribution in [0.2, 0.25) is 5.02 Å². The molecule has 1 aromatic heterocycles. The molecule has 2 aromatic rings. The summed E-state index contributed by atoms with van der Waals surface area (Å²) in [6, 6.07) is 9.70. The van der Waals surface area contributed by atoms with Crippen LogP contribution in [0.1, 0.15) is 18.5 Å². The molecule has 0 aliphatic heterocycles. The molecule has 7 heteroatoms. The van der Waals surface area contributed by atoms with Crippen LogP contribution in [-0.4, -0.2) is 23.3 Å². The molecule has 1 unspecified atom stereocenters. The number of nitrogens with zero attached hydrogens (tertiary/aromatic N) is 3. The fourth-order valence-electron chi connectivity index (χ4n) is 1.98. The van der Waals surface area contributed by atoms with Gasteiger partial charge in [-0.15, -0.1) is 0 Å². The maximum atomic E-state index is 6.27. The van der Waals surface area contributed by atoms with Gasteiger partial charge in [-0.3, -0.25) is 0 Å². The number of hydrogen-bond acceptors (Lipinski definition) is 6. The zero-order valence-corrected chi connectivity index (χ0v) is 13.7. The van der Waals surface area contributed by atoms with E-state index >= 15 is 0 Å². The Labute approximate surface area is 133 Å². The zero-order chi connectivity index (χ0) is 15.4. The van der Waals surface area contributed by atoms with Gasteiger partial charge in [0.1, 0.15) is 11.6 Å². The van der Waals surface area contributed by atoms with Crippen molar-refractivity contribution < 1.29 is 0 Å². The number of hydrazine groups is 1. The molecule has 0 amide bonds. The van der Waals surface area contributed by atoms with Crippen molar-refractivity contribution in [2.45, 2.75) is 18.1 Å². The third-order valence-electron chi connectivity index (χ3n) is 3.32. The Morgan fingerprint density at radius 3 is 2.67 bits per heavy atom. The average Bonchev–Trinajstić information content (AvgIpc) is 2.53. The number of benzene rings is 1. The van der Waals surface area contributed by atoms with Crippen LogP contribution in [0.4, 0.5) is 11.6 Å². The summed E-state index contributed by atoms with van der Waals surface area (Å²) >= 11 is 7.74. The molecule has 0 saturated carbocycles. The van der Waals surface area contributed by atoms with Gasteiger partial charge in [0.25, 0.3) is 0 Å². The summed E-state index contributed by atoms with van der Waals surface area (Å²) in [5.41, 5.74) is 3.62. The van der Waals surface area contributed by atoms with E-state index in [4.69, 9.17) is 17.4 Å². The Balaban J connectivity index is 2.35. The van der Waals surface area contributed by atoms with E-state index in [1.54, 1.807) is 0 Å². The second kappa shape index (κ2) is 6.98. The van der Waals surface area contributed by atoms with E-state index in [2.05, 4.69) is 22.3 Å². The Morgan fingerprint density at radius 1 is 1.33 bits per heavy atom. The lowest BCUT2D eigenvalue weighted by Crippen LogP contribution is -2.23. The molecule has 21 heavy (non-hydrogen) atoms. The van der Waals surface area contributed by atoms with Gasteiger partial charge in [-0.25, -0.2) is 15.8 Å². The molecule has 0 fully saturated rings. The summed E-state index contributed by atoms with van der Waals surface area (Å²) < 4.78 is 0. The fraction of sp³-hybridized carbons (Fsp3) is 0.286. The average molecular weight is 324 g/mol. The molecule has 1 atom stereocenters. The van der Waals surface area contributed by atoms with Crippen LogP contribution in [0.25, 0.3) is 0 Å². The van der Waals surface area contributed by atoms with Crippen LogP contribution in [-0.2, 0) is 0 Å². The van der Waals surface area contributed by atoms with Gasteiger partial charge < -0.3 is 10.3 Å². The summed E-state index contributed by atoms with van der Waals surface area (Å²) in [5, 5.41) is 1.41. The van der Waals surface area contributed by atoms with Crippen molar-refractivity contribution in [3.63, 3.8) is 0 Å². The molecule has 1 heterocycles. The minimum Gasteiger partial charge on any atom is -0.353 e. The van der Waals surface area contributed by atoms with E-state index in [-0.39, 0.29) is 6.04 Å². The first kappa shape index (κ1) is 15.9. The maximum absolute atomic E-state index is 6.27. The summed E-state index contributed by atoms with van der Waals surface area (Å²) in [7, 11) is 1.97. The van der Waals surface area contributed by atoms with E-state index in [1.807, 2.05) is 48.5 Å². The van der Waals surface area contributed by atoms with Crippen molar-refractivity contribution in [1.82, 2.24) is 9.97 Å². The quantitative estimate of drug-likeness (QED) is 0.381. The lowest BCUT2D eigenvalue weighted by atomic mass is 10.1. The number of rotatable bonds is 5. The molecule has 0 spiro atoms. The van der Waals surface area contributed by atoms with Crippen molar-refractivity contribution in [3.8, 4) is 0 Å². The largest absolute Gasteiger partial charge is 0.353 e. The number of thioether (sulfide) groups is 1. The number of nitrogens with one attached hydrogen (secondary N) is 1. The molecule has 2 rings (SSSR count). The molecule has 0 saturated heterocycles. The molecule has 0 bridgehead atoms. The summed E-state index contributed by atoms with van der Waals surface area (Å²) in [6.45, 7) is 2.08. The standard InChI is InChI=1S/C14H18ClN5S/c1-9(10-6-4-5-7-11(10)15)20(2)13-8-12(19-16)17-14(18-13)21-3/h4-9H,16H2,1-3H3,(H,17,18,19). The number of nitrogen functional groups attached to an aromatic ring is 1. The number of nitrogens with two attached hydrogens (primary N) is 1. The van der Waals surface area contributed by atoms with Crippen molar-refractivity contribution >= 4 is 35.0 Å². The fourth-order valence-corrected chi connectivity index (χ4v) is 2.65. The van der Waals surface area contributed by atoms with E-state index in [9.17, 15) is 0 Å². The van der Waals surface area contributed by atoms with Crippen LogP contribution < -0.4 is 16.2 Å². The van der Waals surface area contributed by atoms with Crippen molar-refractivity contribution in [1.29, 1.82) is 0 Å². The van der Waals surface area contributed by atoms with Crippen LogP contribution in [0.15, 0.2) is 35.5 Å². The summed E-state index contributed by atoms with van der Waals surface area (Å²) in [6.07, 6.45) is 1.93. The third kappa shape index (κ3) is 3.58. The minimum atomic E-state index is 0.0777. The maximum Gasteiger partial charge on any atom is 0.191 e. The highest BCUT2D eigenvalue weighted by Gasteiger charge is 2.17. The van der Waals surface area contributed by atoms with Gasteiger partial charge in [0, 0.05) is 18.1 Å². The first-order chi connectivity index (χ1) is 10.1. The monoisotopic (exact) mass is 323 g/mol. The highest BCUT2D eigenvalue weighted by molar-refractivity contribution is 7.98. The Kier molecular flexibility index (Phi) is 5.27. The van der Waals surface area contributed by atoms with Crippen LogP contribution in [0, 0.1) is 0 Å². The topological polar surface area (TPSA) is 67.1 Å². The predicted octanol–water partition coefficient (Wildman–Crippen LogP) is 3.33. The first-order valence-corrected chi connectivity index (χ1v) is 8.04. The second-order valence-corrected chi connectivity index (χ2v) is 5.73. The van der Waals surface area contributed by atoms with Gasteiger partial charge in [-0.1, -0.05) is 41.6 Å². The molecular formula is C14H18ClN5S. The number of hydrogen-bond donors (Lipinski definition) is 2. The van der Waals surface area contributed by atoms with Crippen LogP contribution in [0.5, 0.6) is 0 Å². The molecule has 0 radical (unpaired) electrons. The number of anilines is 2. The summed E-state index contributed by atoms with van der Waals surface area (Å²) in [4.78, 5) is 10.8. The Morgan fingerprint density at radius 2 is 2.05 bits per heavy atom. The van der Waals surface area contributed by atoms with Crippen molar-refractivity contribution in [2.75, 3.05) is 23.6 Å². The molecule has 112 valence electrons. The van der Waals surface area contributed by atoms with Gasteiger partial charge >= 0.3 is 0 Å². The van der Waals surface area contributed by atoms with Gasteiger partial charge in [-0.05, 0) is 24.8 Å². The normalized spacial score (nSPS) is 12.0. The van der Waals surface area contributed by atoms with Gasteiger partial charge in [-0.2, -0.15) is 0 Å². The molecule has 0 aliphatic rings. The van der Waals surface area contributed by atoms with Crippen molar-refractivity contribution in [2.24, 2.45) is 5.84 Å². The van der Waals surface area contributed by atoms with E-state index in [1.165, 1.54) is 11.8 Å². The molecular weight excluding hydrogens is 306 g/mol. The second-order valence-electron chi connectivity index (χ2n) is 4.55. The minimum absolute atomic E-state index is 0.0777. The van der Waals surface area contributed by atoms with Crippen LogP contribution >= 0.6 is 23.4 Å². The Bertz CT molecular complexity index is 600. The summed E-state index contributed by atoms with van der Waals surface area (Å²) in [5.74, 6) is 6.84. The SMILES string of the molecule is CSc1nc(NN)cc(N(C)C(C)c2ccccc2Cl)n1. The van der Waals surface area contributed by atoms with Crippen LogP contribution in [0.3, 0.4) is 0 Å². The first-order valence-electron chi connectivity index (χ1n) is 6.43.